The Kier molecular flexibility index (Phi) is 6.24. The third kappa shape index (κ3) is 4.73. The fourth-order valence-electron chi connectivity index (χ4n) is 3.55. The first-order valence-electron chi connectivity index (χ1n) is 10.0. The minimum atomic E-state index is -0.406. The van der Waals surface area contributed by atoms with E-state index in [0.717, 1.165) is 33.9 Å². The standard InChI is InChI=1S/C26H25NO4/c1-29-22-12-8-19(9-13-22)25(20-10-14-23(30-2)15-11-20)31-26(18-6-4-3-5-7-18)24-16-21(28)17-27-24/h3-17,25-28H,1-2H3. The van der Waals surface area contributed by atoms with E-state index in [-0.39, 0.29) is 11.9 Å². The van der Waals surface area contributed by atoms with Gasteiger partial charge in [0.1, 0.15) is 29.5 Å². The highest BCUT2D eigenvalue weighted by Crippen LogP contribution is 2.37. The third-order valence-corrected chi connectivity index (χ3v) is 5.18. The summed E-state index contributed by atoms with van der Waals surface area (Å²) >= 11 is 0. The molecule has 31 heavy (non-hydrogen) atoms. The predicted molar refractivity (Wildman–Crippen MR) is 120 cm³/mol. The van der Waals surface area contributed by atoms with Crippen molar-refractivity contribution >= 4 is 0 Å². The zero-order valence-corrected chi connectivity index (χ0v) is 17.5. The van der Waals surface area contributed by atoms with Gasteiger partial charge >= 0.3 is 0 Å². The van der Waals surface area contributed by atoms with Crippen molar-refractivity contribution in [2.24, 2.45) is 0 Å². The maximum absolute atomic E-state index is 9.92. The number of nitrogens with one attached hydrogen (secondary N) is 1. The summed E-state index contributed by atoms with van der Waals surface area (Å²) in [5.41, 5.74) is 3.73. The van der Waals surface area contributed by atoms with Gasteiger partial charge in [-0.25, -0.2) is 0 Å². The fraction of sp³-hybridized carbons (Fsp3) is 0.154. The number of hydrogen-bond acceptors (Lipinski definition) is 4. The number of hydrogen-bond donors (Lipinski definition) is 2. The molecular formula is C26H25NO4. The van der Waals surface area contributed by atoms with Crippen molar-refractivity contribution in [1.29, 1.82) is 0 Å². The Morgan fingerprint density at radius 1 is 0.677 bits per heavy atom. The van der Waals surface area contributed by atoms with Crippen molar-refractivity contribution in [3.8, 4) is 17.2 Å². The van der Waals surface area contributed by atoms with Crippen LogP contribution in [0.25, 0.3) is 0 Å². The van der Waals surface area contributed by atoms with Gasteiger partial charge in [-0.3, -0.25) is 0 Å². The highest BCUT2D eigenvalue weighted by atomic mass is 16.5. The maximum atomic E-state index is 9.92. The lowest BCUT2D eigenvalue weighted by atomic mass is 9.99. The molecule has 0 saturated heterocycles. The smallest absolute Gasteiger partial charge is 0.133 e. The molecule has 158 valence electrons. The third-order valence-electron chi connectivity index (χ3n) is 5.18. The van der Waals surface area contributed by atoms with Crippen LogP contribution in [0.2, 0.25) is 0 Å². The molecule has 1 unspecified atom stereocenters. The first kappa shape index (κ1) is 20.6. The molecule has 4 aromatic rings. The van der Waals surface area contributed by atoms with Crippen LogP contribution in [0.5, 0.6) is 17.2 Å². The largest absolute Gasteiger partial charge is 0.506 e. The van der Waals surface area contributed by atoms with Gasteiger partial charge in [-0.15, -0.1) is 0 Å². The van der Waals surface area contributed by atoms with Crippen molar-refractivity contribution in [1.82, 2.24) is 4.98 Å². The molecule has 0 radical (unpaired) electrons. The molecule has 0 aliphatic heterocycles. The van der Waals surface area contributed by atoms with Gasteiger partial charge in [0, 0.05) is 12.3 Å². The molecule has 0 aliphatic rings. The number of aromatic hydroxyl groups is 1. The second-order valence-corrected chi connectivity index (χ2v) is 7.17. The minimum Gasteiger partial charge on any atom is -0.506 e. The predicted octanol–water partition coefficient (Wildman–Crippen LogP) is 5.63. The Morgan fingerprint density at radius 3 is 1.65 bits per heavy atom. The van der Waals surface area contributed by atoms with Gasteiger partial charge < -0.3 is 24.3 Å². The van der Waals surface area contributed by atoms with E-state index in [9.17, 15) is 5.11 Å². The van der Waals surface area contributed by atoms with Crippen molar-refractivity contribution in [3.63, 3.8) is 0 Å². The Balaban J connectivity index is 1.76. The van der Waals surface area contributed by atoms with Crippen LogP contribution in [-0.4, -0.2) is 24.3 Å². The van der Waals surface area contributed by atoms with E-state index in [1.807, 2.05) is 78.9 Å². The second-order valence-electron chi connectivity index (χ2n) is 7.17. The van der Waals surface area contributed by atoms with Gasteiger partial charge in [0.2, 0.25) is 0 Å². The van der Waals surface area contributed by atoms with Gasteiger partial charge in [0.15, 0.2) is 0 Å². The average molecular weight is 415 g/mol. The highest BCUT2D eigenvalue weighted by molar-refractivity contribution is 5.38. The molecule has 0 fully saturated rings. The lowest BCUT2D eigenvalue weighted by Crippen LogP contribution is -2.13. The van der Waals surface area contributed by atoms with Crippen LogP contribution in [0, 0.1) is 0 Å². The molecule has 2 N–H and O–H groups in total. The molecule has 0 bridgehead atoms. The van der Waals surface area contributed by atoms with E-state index in [4.69, 9.17) is 14.2 Å². The van der Waals surface area contributed by atoms with Crippen LogP contribution < -0.4 is 9.47 Å². The molecule has 5 heteroatoms. The molecule has 4 rings (SSSR count). The fourth-order valence-corrected chi connectivity index (χ4v) is 3.55. The molecule has 5 nitrogen and oxygen atoms in total. The van der Waals surface area contributed by atoms with E-state index < -0.39 is 6.10 Å². The quantitative estimate of drug-likeness (QED) is 0.391. The Morgan fingerprint density at radius 2 is 1.19 bits per heavy atom. The van der Waals surface area contributed by atoms with Gasteiger partial charge in [-0.05, 0) is 41.0 Å². The van der Waals surface area contributed by atoms with E-state index in [2.05, 4.69) is 4.98 Å². The summed E-state index contributed by atoms with van der Waals surface area (Å²) in [5.74, 6) is 1.74. The lowest BCUT2D eigenvalue weighted by Gasteiger charge is -2.26. The molecule has 0 saturated carbocycles. The number of benzene rings is 3. The van der Waals surface area contributed by atoms with Crippen LogP contribution in [0.1, 0.15) is 34.6 Å². The summed E-state index contributed by atoms with van der Waals surface area (Å²) in [7, 11) is 3.30. The number of methoxy groups -OCH3 is 2. The van der Waals surface area contributed by atoms with Crippen LogP contribution in [0.3, 0.4) is 0 Å². The Labute approximate surface area is 181 Å². The first-order valence-corrected chi connectivity index (χ1v) is 10.0. The molecule has 0 spiro atoms. The SMILES string of the molecule is COc1ccc(C(OC(c2ccccc2)c2cc(O)c[nH]2)c2ccc(OC)cc2)cc1. The molecule has 0 aliphatic carbocycles. The summed E-state index contributed by atoms with van der Waals surface area (Å²) in [5, 5.41) is 9.92. The summed E-state index contributed by atoms with van der Waals surface area (Å²) < 4.78 is 17.4. The van der Waals surface area contributed by atoms with E-state index in [1.54, 1.807) is 26.5 Å². The monoisotopic (exact) mass is 415 g/mol. The van der Waals surface area contributed by atoms with Gasteiger partial charge in [-0.2, -0.15) is 0 Å². The zero-order chi connectivity index (χ0) is 21.6. The molecule has 1 atom stereocenters. The topological polar surface area (TPSA) is 63.7 Å². The summed E-state index contributed by atoms with van der Waals surface area (Å²) in [4.78, 5) is 3.13. The number of aromatic amines is 1. The molecular weight excluding hydrogens is 390 g/mol. The van der Waals surface area contributed by atoms with Crippen molar-refractivity contribution in [2.45, 2.75) is 12.2 Å². The normalized spacial score (nSPS) is 12.0. The highest BCUT2D eigenvalue weighted by Gasteiger charge is 2.24. The Hall–Kier alpha value is -3.70. The molecule has 1 heterocycles. The number of H-pyrrole nitrogens is 1. The van der Waals surface area contributed by atoms with Crippen LogP contribution in [0.15, 0.2) is 91.1 Å². The van der Waals surface area contributed by atoms with Crippen LogP contribution >= 0.6 is 0 Å². The lowest BCUT2D eigenvalue weighted by molar-refractivity contribution is 0.0287. The van der Waals surface area contributed by atoms with Crippen molar-refractivity contribution in [2.75, 3.05) is 14.2 Å². The number of aromatic nitrogens is 1. The average Bonchev–Trinajstić information content (AvgIpc) is 3.26. The minimum absolute atomic E-state index is 0.171. The van der Waals surface area contributed by atoms with E-state index in [1.165, 1.54) is 0 Å². The van der Waals surface area contributed by atoms with Crippen LogP contribution in [-0.2, 0) is 4.74 Å². The van der Waals surface area contributed by atoms with E-state index in [0.29, 0.717) is 0 Å². The molecule has 3 aromatic carbocycles. The van der Waals surface area contributed by atoms with E-state index >= 15 is 0 Å². The van der Waals surface area contributed by atoms with Crippen molar-refractivity contribution < 1.29 is 19.3 Å². The number of ether oxygens (including phenoxy) is 3. The summed E-state index contributed by atoms with van der Waals surface area (Å²) in [6.07, 6.45) is 0.800. The molecule has 0 amide bonds. The zero-order valence-electron chi connectivity index (χ0n) is 17.5. The summed E-state index contributed by atoms with van der Waals surface area (Å²) in [6.45, 7) is 0. The number of rotatable bonds is 8. The summed E-state index contributed by atoms with van der Waals surface area (Å²) in [6, 6.07) is 27.3. The van der Waals surface area contributed by atoms with Crippen LogP contribution in [0.4, 0.5) is 0 Å². The van der Waals surface area contributed by atoms with Gasteiger partial charge in [0.25, 0.3) is 0 Å². The molecule has 1 aromatic heterocycles. The van der Waals surface area contributed by atoms with Gasteiger partial charge in [-0.1, -0.05) is 54.6 Å². The second kappa shape index (κ2) is 9.41. The van der Waals surface area contributed by atoms with Crippen molar-refractivity contribution in [3.05, 3.63) is 114 Å². The Bertz CT molecular complexity index is 1040. The first-order chi connectivity index (χ1) is 15.2. The van der Waals surface area contributed by atoms with Gasteiger partial charge in [0.05, 0.1) is 19.9 Å². The maximum Gasteiger partial charge on any atom is 0.133 e.